The molecule has 2 atom stereocenters. The zero-order chi connectivity index (χ0) is 17.4. The Morgan fingerprint density at radius 1 is 1.12 bits per heavy atom. The van der Waals surface area contributed by atoms with E-state index in [1.165, 1.54) is 12.8 Å². The van der Waals surface area contributed by atoms with Crippen molar-refractivity contribution in [3.05, 3.63) is 53.3 Å². The van der Waals surface area contributed by atoms with Gasteiger partial charge in [0.1, 0.15) is 0 Å². The first-order chi connectivity index (χ1) is 12.1. The Labute approximate surface area is 153 Å². The average molecular weight is 356 g/mol. The lowest BCUT2D eigenvalue weighted by Crippen LogP contribution is -2.48. The number of nitrogens with zero attached hydrogens (tertiary/aromatic N) is 2. The van der Waals surface area contributed by atoms with Crippen LogP contribution in [0.15, 0.2) is 42.7 Å². The molecule has 0 saturated carbocycles. The van der Waals surface area contributed by atoms with Crippen LogP contribution in [0, 0.1) is 0 Å². The number of hydrogen-bond acceptors (Lipinski definition) is 3. The molecule has 4 nitrogen and oxygen atoms in total. The summed E-state index contributed by atoms with van der Waals surface area (Å²) in [5.74, 6) is 0.0506. The van der Waals surface area contributed by atoms with E-state index < -0.39 is 0 Å². The first kappa shape index (κ1) is 16.6. The Morgan fingerprint density at radius 3 is 2.48 bits per heavy atom. The summed E-state index contributed by atoms with van der Waals surface area (Å²) in [5, 5.41) is 4.33. The quantitative estimate of drug-likeness (QED) is 0.911. The SMILES string of the molecule is CN(C(=O)c1cncc(-c2ccc(Cl)cc2)c1)C1CC2CCC(C1)N2. The predicted octanol–water partition coefficient (Wildman–Crippen LogP) is 3.76. The lowest BCUT2D eigenvalue weighted by Gasteiger charge is -2.35. The Bertz CT molecular complexity index is 765. The molecular formula is C20H22ClN3O. The molecule has 4 rings (SSSR count). The van der Waals surface area contributed by atoms with E-state index in [9.17, 15) is 4.79 Å². The van der Waals surface area contributed by atoms with E-state index in [2.05, 4.69) is 10.3 Å². The number of aromatic nitrogens is 1. The van der Waals surface area contributed by atoms with Gasteiger partial charge >= 0.3 is 0 Å². The molecule has 130 valence electrons. The predicted molar refractivity (Wildman–Crippen MR) is 99.7 cm³/mol. The highest BCUT2D eigenvalue weighted by molar-refractivity contribution is 6.30. The van der Waals surface area contributed by atoms with Crippen molar-refractivity contribution in [2.75, 3.05) is 7.05 Å². The highest BCUT2D eigenvalue weighted by atomic mass is 35.5. The molecule has 0 radical (unpaired) electrons. The third-order valence-electron chi connectivity index (χ3n) is 5.48. The highest BCUT2D eigenvalue weighted by Crippen LogP contribution is 2.30. The average Bonchev–Trinajstić information content (AvgIpc) is 2.99. The molecule has 0 aliphatic carbocycles. The van der Waals surface area contributed by atoms with Crippen molar-refractivity contribution in [2.45, 2.75) is 43.8 Å². The van der Waals surface area contributed by atoms with Crippen LogP contribution < -0.4 is 5.32 Å². The van der Waals surface area contributed by atoms with E-state index in [0.29, 0.717) is 28.7 Å². The zero-order valence-corrected chi connectivity index (χ0v) is 15.0. The van der Waals surface area contributed by atoms with E-state index in [4.69, 9.17) is 11.6 Å². The molecule has 2 saturated heterocycles. The van der Waals surface area contributed by atoms with Gasteiger partial charge < -0.3 is 10.2 Å². The lowest BCUT2D eigenvalue weighted by atomic mass is 9.97. The van der Waals surface area contributed by atoms with Gasteiger partial charge in [-0.3, -0.25) is 9.78 Å². The van der Waals surface area contributed by atoms with Crippen molar-refractivity contribution in [1.82, 2.24) is 15.2 Å². The fourth-order valence-electron chi connectivity index (χ4n) is 4.07. The number of nitrogens with one attached hydrogen (secondary N) is 1. The van der Waals surface area contributed by atoms with Crippen LogP contribution in [-0.4, -0.2) is 41.0 Å². The summed E-state index contributed by atoms with van der Waals surface area (Å²) >= 11 is 5.96. The van der Waals surface area contributed by atoms with Crippen LogP contribution in [0.2, 0.25) is 5.02 Å². The first-order valence-electron chi connectivity index (χ1n) is 8.84. The largest absolute Gasteiger partial charge is 0.339 e. The minimum Gasteiger partial charge on any atom is -0.339 e. The molecule has 1 N–H and O–H groups in total. The minimum atomic E-state index is 0.0506. The Balaban J connectivity index is 1.53. The number of fused-ring (bicyclic) bond motifs is 2. The number of carbonyl (C=O) groups is 1. The zero-order valence-electron chi connectivity index (χ0n) is 14.3. The number of rotatable bonds is 3. The minimum absolute atomic E-state index is 0.0506. The van der Waals surface area contributed by atoms with Crippen LogP contribution in [-0.2, 0) is 0 Å². The van der Waals surface area contributed by atoms with Crippen molar-refractivity contribution in [1.29, 1.82) is 0 Å². The molecule has 2 bridgehead atoms. The standard InChI is InChI=1S/C20H22ClN3O/c1-24(19-9-17-6-7-18(10-19)23-17)20(25)15-8-14(11-22-12-15)13-2-4-16(21)5-3-13/h2-5,8,11-12,17-19,23H,6-7,9-10H2,1H3. The molecule has 1 amide bonds. The third kappa shape index (κ3) is 3.42. The molecule has 25 heavy (non-hydrogen) atoms. The summed E-state index contributed by atoms with van der Waals surface area (Å²) in [6, 6.07) is 11.0. The van der Waals surface area contributed by atoms with Crippen molar-refractivity contribution in [2.24, 2.45) is 0 Å². The molecule has 2 fully saturated rings. The van der Waals surface area contributed by atoms with E-state index in [0.717, 1.165) is 24.0 Å². The summed E-state index contributed by atoms with van der Waals surface area (Å²) in [4.78, 5) is 19.2. The number of pyridine rings is 1. The molecule has 0 spiro atoms. The second kappa shape index (κ2) is 6.77. The first-order valence-corrected chi connectivity index (χ1v) is 9.22. The second-order valence-corrected chi connectivity index (χ2v) is 7.58. The van der Waals surface area contributed by atoms with Crippen LogP contribution in [0.4, 0.5) is 0 Å². The van der Waals surface area contributed by atoms with Crippen molar-refractivity contribution < 1.29 is 4.79 Å². The summed E-state index contributed by atoms with van der Waals surface area (Å²) in [6.45, 7) is 0. The van der Waals surface area contributed by atoms with Crippen molar-refractivity contribution in [3.8, 4) is 11.1 Å². The van der Waals surface area contributed by atoms with Gasteiger partial charge in [-0.15, -0.1) is 0 Å². The maximum atomic E-state index is 13.0. The van der Waals surface area contributed by atoms with Crippen molar-refractivity contribution >= 4 is 17.5 Å². The number of carbonyl (C=O) groups excluding carboxylic acids is 1. The van der Waals surface area contributed by atoms with E-state index in [1.54, 1.807) is 12.4 Å². The number of hydrogen-bond donors (Lipinski definition) is 1. The van der Waals surface area contributed by atoms with Gasteiger partial charge in [-0.05, 0) is 49.4 Å². The Morgan fingerprint density at radius 2 is 1.80 bits per heavy atom. The van der Waals surface area contributed by atoms with Gasteiger partial charge in [-0.25, -0.2) is 0 Å². The van der Waals surface area contributed by atoms with Crippen LogP contribution in [0.5, 0.6) is 0 Å². The third-order valence-corrected chi connectivity index (χ3v) is 5.73. The number of benzene rings is 1. The summed E-state index contributed by atoms with van der Waals surface area (Å²) in [7, 11) is 1.92. The van der Waals surface area contributed by atoms with E-state index in [-0.39, 0.29) is 5.91 Å². The van der Waals surface area contributed by atoms with E-state index in [1.807, 2.05) is 42.3 Å². The Kier molecular flexibility index (Phi) is 4.48. The maximum Gasteiger partial charge on any atom is 0.255 e. The van der Waals surface area contributed by atoms with Crippen LogP contribution in [0.25, 0.3) is 11.1 Å². The molecular weight excluding hydrogens is 334 g/mol. The van der Waals surface area contributed by atoms with Gasteiger partial charge in [0.05, 0.1) is 5.56 Å². The number of amides is 1. The molecule has 2 aliphatic heterocycles. The number of halogens is 1. The molecule has 3 heterocycles. The summed E-state index contributed by atoms with van der Waals surface area (Å²) in [5.41, 5.74) is 2.58. The normalized spacial score (nSPS) is 25.0. The van der Waals surface area contributed by atoms with Crippen LogP contribution in [0.3, 0.4) is 0 Å². The second-order valence-electron chi connectivity index (χ2n) is 7.15. The van der Waals surface area contributed by atoms with Gasteiger partial charge in [0.25, 0.3) is 5.91 Å². The van der Waals surface area contributed by atoms with Crippen LogP contribution >= 0.6 is 11.6 Å². The fraction of sp³-hybridized carbons (Fsp3) is 0.400. The van der Waals surface area contributed by atoms with Gasteiger partial charge in [-0.1, -0.05) is 23.7 Å². The summed E-state index contributed by atoms with van der Waals surface area (Å²) < 4.78 is 0. The Hall–Kier alpha value is -1.91. The molecule has 5 heteroatoms. The summed E-state index contributed by atoms with van der Waals surface area (Å²) in [6.07, 6.45) is 8.00. The van der Waals surface area contributed by atoms with Gasteiger partial charge in [0.15, 0.2) is 0 Å². The maximum absolute atomic E-state index is 13.0. The molecule has 2 aromatic rings. The smallest absolute Gasteiger partial charge is 0.255 e. The van der Waals surface area contributed by atoms with Gasteiger partial charge in [0, 0.05) is 48.2 Å². The molecule has 1 aromatic carbocycles. The monoisotopic (exact) mass is 355 g/mol. The molecule has 1 aromatic heterocycles. The van der Waals surface area contributed by atoms with Gasteiger partial charge in [0.2, 0.25) is 0 Å². The lowest BCUT2D eigenvalue weighted by molar-refractivity contribution is 0.0681. The van der Waals surface area contributed by atoms with E-state index >= 15 is 0 Å². The molecule has 2 unspecified atom stereocenters. The van der Waals surface area contributed by atoms with Crippen LogP contribution in [0.1, 0.15) is 36.0 Å². The topological polar surface area (TPSA) is 45.2 Å². The number of piperidine rings is 1. The molecule has 2 aliphatic rings. The fourth-order valence-corrected chi connectivity index (χ4v) is 4.20. The highest BCUT2D eigenvalue weighted by Gasteiger charge is 2.36. The van der Waals surface area contributed by atoms with Crippen molar-refractivity contribution in [3.63, 3.8) is 0 Å². The van der Waals surface area contributed by atoms with Gasteiger partial charge in [-0.2, -0.15) is 0 Å².